The third-order valence-corrected chi connectivity index (χ3v) is 3.67. The molecule has 22 heavy (non-hydrogen) atoms. The fraction of sp³-hybridized carbons (Fsp3) is 0.167. The number of benzene rings is 2. The van der Waals surface area contributed by atoms with E-state index in [0.29, 0.717) is 5.56 Å². The van der Waals surface area contributed by atoms with Crippen LogP contribution in [-0.2, 0) is 6.54 Å². The Bertz CT molecular complexity index is 719. The maximum absolute atomic E-state index is 8.96. The van der Waals surface area contributed by atoms with Gasteiger partial charge in [-0.3, -0.25) is 0 Å². The van der Waals surface area contributed by atoms with Crippen molar-refractivity contribution < 1.29 is 4.74 Å². The second-order valence-corrected chi connectivity index (χ2v) is 5.13. The van der Waals surface area contributed by atoms with Crippen molar-refractivity contribution in [2.45, 2.75) is 6.54 Å². The van der Waals surface area contributed by atoms with E-state index in [-0.39, 0.29) is 0 Å². The Morgan fingerprint density at radius 2 is 1.95 bits per heavy atom. The third-order valence-electron chi connectivity index (χ3n) is 3.67. The number of methoxy groups -OCH3 is 1. The van der Waals surface area contributed by atoms with Gasteiger partial charge in [0.1, 0.15) is 5.75 Å². The first-order valence-electron chi connectivity index (χ1n) is 7.11. The molecule has 3 rings (SSSR count). The van der Waals surface area contributed by atoms with Crippen LogP contribution in [0.2, 0.25) is 0 Å². The van der Waals surface area contributed by atoms with Crippen LogP contribution < -0.4 is 9.64 Å². The smallest absolute Gasteiger partial charge is 0.125 e. The molecule has 0 aliphatic carbocycles. The number of hydrogen-bond acceptors (Lipinski definition) is 4. The summed E-state index contributed by atoms with van der Waals surface area (Å²) in [6.45, 7) is 1.54. The Labute approximate surface area is 130 Å². The Kier molecular flexibility index (Phi) is 3.97. The number of nitriles is 1. The van der Waals surface area contributed by atoms with Crippen molar-refractivity contribution in [3.05, 3.63) is 72.1 Å². The maximum Gasteiger partial charge on any atom is 0.125 e. The van der Waals surface area contributed by atoms with Crippen LogP contribution >= 0.6 is 0 Å². The summed E-state index contributed by atoms with van der Waals surface area (Å²) < 4.78 is 5.39. The Morgan fingerprint density at radius 3 is 2.68 bits per heavy atom. The normalized spacial score (nSPS) is 13.3. The molecular weight excluding hydrogens is 274 g/mol. The van der Waals surface area contributed by atoms with Crippen LogP contribution in [0, 0.1) is 11.3 Å². The number of rotatable bonds is 4. The van der Waals surface area contributed by atoms with Crippen LogP contribution in [0.3, 0.4) is 0 Å². The monoisotopic (exact) mass is 291 g/mol. The van der Waals surface area contributed by atoms with Gasteiger partial charge in [0.2, 0.25) is 0 Å². The standard InChI is InChI=1S/C18H17N3O/c1-22-18-11-15(12-19)7-8-16(18)13-20-9-10-21(14-20)17-5-3-2-4-6-17/h2-11H,13-14H2,1H3. The molecule has 0 aromatic heterocycles. The minimum Gasteiger partial charge on any atom is -0.496 e. The second-order valence-electron chi connectivity index (χ2n) is 5.13. The average molecular weight is 291 g/mol. The van der Waals surface area contributed by atoms with Gasteiger partial charge in [0.15, 0.2) is 0 Å². The van der Waals surface area contributed by atoms with Crippen LogP contribution in [0.25, 0.3) is 0 Å². The zero-order valence-corrected chi connectivity index (χ0v) is 12.4. The second kappa shape index (κ2) is 6.23. The lowest BCUT2D eigenvalue weighted by Crippen LogP contribution is -2.24. The Balaban J connectivity index is 1.71. The van der Waals surface area contributed by atoms with Gasteiger partial charge in [0, 0.05) is 30.2 Å². The summed E-state index contributed by atoms with van der Waals surface area (Å²) in [5.41, 5.74) is 2.86. The van der Waals surface area contributed by atoms with E-state index in [0.717, 1.165) is 24.5 Å². The van der Waals surface area contributed by atoms with E-state index >= 15 is 0 Å². The third kappa shape index (κ3) is 2.89. The molecule has 0 fully saturated rings. The summed E-state index contributed by atoms with van der Waals surface area (Å²) in [4.78, 5) is 4.40. The minimum absolute atomic E-state index is 0.614. The highest BCUT2D eigenvalue weighted by molar-refractivity contribution is 5.50. The molecule has 0 bridgehead atoms. The van der Waals surface area contributed by atoms with Crippen molar-refractivity contribution in [1.82, 2.24) is 4.90 Å². The molecule has 0 N–H and O–H groups in total. The topological polar surface area (TPSA) is 39.5 Å². The van der Waals surface area contributed by atoms with Crippen LogP contribution in [-0.4, -0.2) is 18.7 Å². The van der Waals surface area contributed by atoms with Crippen molar-refractivity contribution in [1.29, 1.82) is 5.26 Å². The molecule has 1 aliphatic rings. The first-order valence-corrected chi connectivity index (χ1v) is 7.11. The fourth-order valence-corrected chi connectivity index (χ4v) is 2.52. The predicted molar refractivity (Wildman–Crippen MR) is 86.2 cm³/mol. The van der Waals surface area contributed by atoms with E-state index in [2.05, 4.69) is 40.4 Å². The molecule has 1 aliphatic heterocycles. The fourth-order valence-electron chi connectivity index (χ4n) is 2.52. The van der Waals surface area contributed by atoms with Crippen LogP contribution in [0.15, 0.2) is 60.9 Å². The van der Waals surface area contributed by atoms with E-state index < -0.39 is 0 Å². The molecule has 1 heterocycles. The first-order chi connectivity index (χ1) is 10.8. The zero-order valence-electron chi connectivity index (χ0n) is 12.4. The molecular formula is C18H17N3O. The van der Waals surface area contributed by atoms with E-state index in [1.165, 1.54) is 5.69 Å². The minimum atomic E-state index is 0.614. The van der Waals surface area contributed by atoms with E-state index in [1.54, 1.807) is 13.2 Å². The quantitative estimate of drug-likeness (QED) is 0.866. The molecule has 0 saturated carbocycles. The van der Waals surface area contributed by atoms with Gasteiger partial charge in [-0.05, 0) is 24.3 Å². The van der Waals surface area contributed by atoms with E-state index in [9.17, 15) is 0 Å². The van der Waals surface area contributed by atoms with Crippen molar-refractivity contribution >= 4 is 5.69 Å². The van der Waals surface area contributed by atoms with Crippen molar-refractivity contribution in [2.24, 2.45) is 0 Å². The van der Waals surface area contributed by atoms with Crippen molar-refractivity contribution in [3.8, 4) is 11.8 Å². The number of hydrogen-bond donors (Lipinski definition) is 0. The number of ether oxygens (including phenoxy) is 1. The lowest BCUT2D eigenvalue weighted by molar-refractivity contribution is 0.371. The number of para-hydroxylation sites is 1. The van der Waals surface area contributed by atoms with Crippen LogP contribution in [0.4, 0.5) is 5.69 Å². The van der Waals surface area contributed by atoms with E-state index in [4.69, 9.17) is 10.00 Å². The lowest BCUT2D eigenvalue weighted by atomic mass is 10.1. The first kappa shape index (κ1) is 14.0. The highest BCUT2D eigenvalue weighted by Crippen LogP contribution is 2.24. The highest BCUT2D eigenvalue weighted by atomic mass is 16.5. The number of nitrogens with zero attached hydrogens (tertiary/aromatic N) is 3. The molecule has 0 spiro atoms. The summed E-state index contributed by atoms with van der Waals surface area (Å²) in [6, 6.07) is 18.0. The molecule has 0 atom stereocenters. The average Bonchev–Trinajstić information content (AvgIpc) is 3.04. The molecule has 4 nitrogen and oxygen atoms in total. The summed E-state index contributed by atoms with van der Waals surface area (Å²) in [5.74, 6) is 0.755. The van der Waals surface area contributed by atoms with Gasteiger partial charge in [-0.1, -0.05) is 24.3 Å². The van der Waals surface area contributed by atoms with Gasteiger partial charge >= 0.3 is 0 Å². The Morgan fingerprint density at radius 1 is 1.14 bits per heavy atom. The molecule has 4 heteroatoms. The highest BCUT2D eigenvalue weighted by Gasteiger charge is 2.15. The molecule has 0 saturated heterocycles. The van der Waals surface area contributed by atoms with Gasteiger partial charge in [0.05, 0.1) is 25.4 Å². The maximum atomic E-state index is 8.96. The van der Waals surface area contributed by atoms with Crippen molar-refractivity contribution in [2.75, 3.05) is 18.7 Å². The molecule has 2 aromatic carbocycles. The summed E-state index contributed by atoms with van der Waals surface area (Å²) in [6.07, 6.45) is 4.15. The van der Waals surface area contributed by atoms with Gasteiger partial charge in [-0.25, -0.2) is 0 Å². The molecule has 0 radical (unpaired) electrons. The van der Waals surface area contributed by atoms with E-state index in [1.807, 2.05) is 30.3 Å². The SMILES string of the molecule is COc1cc(C#N)ccc1CN1C=CN(c2ccccc2)C1. The Hall–Kier alpha value is -2.93. The zero-order chi connectivity index (χ0) is 15.4. The van der Waals surface area contributed by atoms with Gasteiger partial charge in [0.25, 0.3) is 0 Å². The molecule has 0 amide bonds. The summed E-state index contributed by atoms with van der Waals surface area (Å²) in [7, 11) is 1.64. The summed E-state index contributed by atoms with van der Waals surface area (Å²) in [5, 5.41) is 8.96. The largest absolute Gasteiger partial charge is 0.496 e. The van der Waals surface area contributed by atoms with Gasteiger partial charge < -0.3 is 14.5 Å². The van der Waals surface area contributed by atoms with Crippen LogP contribution in [0.5, 0.6) is 5.75 Å². The van der Waals surface area contributed by atoms with Gasteiger partial charge in [-0.15, -0.1) is 0 Å². The predicted octanol–water partition coefficient (Wildman–Crippen LogP) is 3.32. The lowest BCUT2D eigenvalue weighted by Gasteiger charge is -2.22. The van der Waals surface area contributed by atoms with Crippen LogP contribution in [0.1, 0.15) is 11.1 Å². The van der Waals surface area contributed by atoms with Crippen molar-refractivity contribution in [3.63, 3.8) is 0 Å². The number of anilines is 1. The molecule has 0 unspecified atom stereocenters. The molecule has 2 aromatic rings. The van der Waals surface area contributed by atoms with Gasteiger partial charge in [-0.2, -0.15) is 5.26 Å². The summed E-state index contributed by atoms with van der Waals surface area (Å²) >= 11 is 0. The molecule has 110 valence electrons.